The van der Waals surface area contributed by atoms with Crippen LogP contribution in [0.15, 0.2) is 24.3 Å². The van der Waals surface area contributed by atoms with Gasteiger partial charge in [0.25, 0.3) is 5.91 Å². The molecule has 7 nitrogen and oxygen atoms in total. The number of carbonyl (C=O) groups excluding carboxylic acids is 1. The van der Waals surface area contributed by atoms with Gasteiger partial charge in [-0.1, -0.05) is 0 Å². The molecule has 0 radical (unpaired) electrons. The highest BCUT2D eigenvalue weighted by Crippen LogP contribution is 2.29. The summed E-state index contributed by atoms with van der Waals surface area (Å²) in [5.74, 6) is 1.39. The van der Waals surface area contributed by atoms with Gasteiger partial charge in [0, 0.05) is 24.8 Å². The molecule has 0 fully saturated rings. The number of aromatic nitrogens is 2. The van der Waals surface area contributed by atoms with Crippen LogP contribution in [0.25, 0.3) is 0 Å². The molecule has 1 aromatic heterocycles. The van der Waals surface area contributed by atoms with Crippen molar-refractivity contribution in [3.8, 4) is 11.5 Å². The van der Waals surface area contributed by atoms with Gasteiger partial charge in [0.1, 0.15) is 17.2 Å². The number of benzene rings is 1. The van der Waals surface area contributed by atoms with E-state index in [1.54, 1.807) is 38.5 Å². The number of hydrogen-bond acceptors (Lipinski definition) is 6. The number of anilines is 2. The molecule has 0 aliphatic rings. The fourth-order valence-corrected chi connectivity index (χ4v) is 2.42. The van der Waals surface area contributed by atoms with Crippen molar-refractivity contribution in [2.24, 2.45) is 0 Å². The lowest BCUT2D eigenvalue weighted by Gasteiger charge is -2.19. The minimum Gasteiger partial charge on any atom is -0.497 e. The van der Waals surface area contributed by atoms with Crippen molar-refractivity contribution < 1.29 is 14.3 Å². The van der Waals surface area contributed by atoms with Crippen molar-refractivity contribution in [3.05, 3.63) is 35.7 Å². The van der Waals surface area contributed by atoms with E-state index in [2.05, 4.69) is 15.3 Å². The Hall–Kier alpha value is -2.83. The molecule has 0 aliphatic heterocycles. The van der Waals surface area contributed by atoms with Gasteiger partial charge in [-0.15, -0.1) is 0 Å². The third-order valence-electron chi connectivity index (χ3n) is 3.78. The van der Waals surface area contributed by atoms with E-state index in [0.29, 0.717) is 28.8 Å². The number of nitrogens with zero attached hydrogens (tertiary/aromatic N) is 3. The maximum atomic E-state index is 12.7. The number of hydrogen-bond donors (Lipinski definition) is 1. The molecule has 0 saturated carbocycles. The van der Waals surface area contributed by atoms with Gasteiger partial charge in [-0.05, 0) is 39.0 Å². The first kappa shape index (κ1) is 18.5. The van der Waals surface area contributed by atoms with Crippen LogP contribution in [0.5, 0.6) is 11.5 Å². The Bertz CT molecular complexity index is 745. The minimum absolute atomic E-state index is 0.305. The first-order valence-corrected chi connectivity index (χ1v) is 8.16. The van der Waals surface area contributed by atoms with E-state index in [1.165, 1.54) is 0 Å². The molecule has 2 rings (SSSR count). The standard InChI is InChI=1S/C18H24N4O3/c1-6-22(7-2)18-19-12(3)10-15(21-18)17(23)20-14-11-13(24-4)8-9-16(14)25-5/h8-11H,6-7H2,1-5H3,(H,20,23). The summed E-state index contributed by atoms with van der Waals surface area (Å²) in [5.41, 5.74) is 1.56. The third kappa shape index (κ3) is 4.37. The van der Waals surface area contributed by atoms with Crippen LogP contribution in [0.1, 0.15) is 30.0 Å². The van der Waals surface area contributed by atoms with Gasteiger partial charge in [0.05, 0.1) is 19.9 Å². The fraction of sp³-hybridized carbons (Fsp3) is 0.389. The van der Waals surface area contributed by atoms with Crippen molar-refractivity contribution >= 4 is 17.5 Å². The van der Waals surface area contributed by atoms with E-state index in [4.69, 9.17) is 9.47 Å². The number of carbonyl (C=O) groups is 1. The first-order chi connectivity index (χ1) is 12.0. The molecule has 0 atom stereocenters. The zero-order chi connectivity index (χ0) is 18.4. The smallest absolute Gasteiger partial charge is 0.274 e. The van der Waals surface area contributed by atoms with Crippen LogP contribution < -0.4 is 19.7 Å². The Labute approximate surface area is 148 Å². The van der Waals surface area contributed by atoms with Gasteiger partial charge in [0.2, 0.25) is 5.95 Å². The highest BCUT2D eigenvalue weighted by Gasteiger charge is 2.16. The van der Waals surface area contributed by atoms with Gasteiger partial charge < -0.3 is 19.7 Å². The van der Waals surface area contributed by atoms with Crippen molar-refractivity contribution in [2.45, 2.75) is 20.8 Å². The maximum absolute atomic E-state index is 12.7. The molecule has 1 amide bonds. The lowest BCUT2D eigenvalue weighted by atomic mass is 10.2. The summed E-state index contributed by atoms with van der Waals surface area (Å²) < 4.78 is 10.5. The molecule has 134 valence electrons. The van der Waals surface area contributed by atoms with Gasteiger partial charge in [-0.25, -0.2) is 9.97 Å². The summed E-state index contributed by atoms with van der Waals surface area (Å²) in [6.07, 6.45) is 0. The average Bonchev–Trinajstić information content (AvgIpc) is 2.62. The van der Waals surface area contributed by atoms with E-state index in [0.717, 1.165) is 18.8 Å². The molecular weight excluding hydrogens is 320 g/mol. The Morgan fingerprint density at radius 1 is 1.12 bits per heavy atom. The van der Waals surface area contributed by atoms with E-state index in [1.807, 2.05) is 25.7 Å². The number of amides is 1. The van der Waals surface area contributed by atoms with Crippen LogP contribution in [-0.4, -0.2) is 43.2 Å². The van der Waals surface area contributed by atoms with Crippen molar-refractivity contribution in [2.75, 3.05) is 37.5 Å². The minimum atomic E-state index is -0.328. The Kier molecular flexibility index (Phi) is 6.16. The number of methoxy groups -OCH3 is 2. The summed E-state index contributed by atoms with van der Waals surface area (Å²) in [6, 6.07) is 6.87. The molecule has 1 aromatic carbocycles. The lowest BCUT2D eigenvalue weighted by Crippen LogP contribution is -2.26. The summed E-state index contributed by atoms with van der Waals surface area (Å²) >= 11 is 0. The number of ether oxygens (including phenoxy) is 2. The predicted molar refractivity (Wildman–Crippen MR) is 97.8 cm³/mol. The van der Waals surface area contributed by atoms with E-state index >= 15 is 0 Å². The maximum Gasteiger partial charge on any atom is 0.274 e. The quantitative estimate of drug-likeness (QED) is 0.832. The Morgan fingerprint density at radius 3 is 2.44 bits per heavy atom. The highest BCUT2D eigenvalue weighted by molar-refractivity contribution is 6.04. The number of aryl methyl sites for hydroxylation is 1. The third-order valence-corrected chi connectivity index (χ3v) is 3.78. The molecule has 25 heavy (non-hydrogen) atoms. The first-order valence-electron chi connectivity index (χ1n) is 8.16. The lowest BCUT2D eigenvalue weighted by molar-refractivity contribution is 0.102. The van der Waals surface area contributed by atoms with E-state index in [9.17, 15) is 4.79 Å². The Morgan fingerprint density at radius 2 is 1.84 bits per heavy atom. The summed E-state index contributed by atoms with van der Waals surface area (Å²) in [6.45, 7) is 7.43. The van der Waals surface area contributed by atoms with Crippen LogP contribution in [0.3, 0.4) is 0 Å². The fourth-order valence-electron chi connectivity index (χ4n) is 2.42. The monoisotopic (exact) mass is 344 g/mol. The second-order valence-corrected chi connectivity index (χ2v) is 5.39. The molecular formula is C18H24N4O3. The number of nitrogens with one attached hydrogen (secondary N) is 1. The van der Waals surface area contributed by atoms with Gasteiger partial charge in [0.15, 0.2) is 0 Å². The van der Waals surface area contributed by atoms with Crippen LogP contribution >= 0.6 is 0 Å². The van der Waals surface area contributed by atoms with E-state index < -0.39 is 0 Å². The molecule has 0 spiro atoms. The molecule has 0 saturated heterocycles. The Balaban J connectivity index is 2.32. The van der Waals surface area contributed by atoms with Crippen molar-refractivity contribution in [3.63, 3.8) is 0 Å². The van der Waals surface area contributed by atoms with Gasteiger partial charge in [-0.2, -0.15) is 0 Å². The zero-order valence-electron chi connectivity index (χ0n) is 15.3. The second-order valence-electron chi connectivity index (χ2n) is 5.39. The zero-order valence-corrected chi connectivity index (χ0v) is 15.3. The molecule has 0 bridgehead atoms. The second kappa shape index (κ2) is 8.32. The summed E-state index contributed by atoms with van der Waals surface area (Å²) in [5, 5.41) is 2.83. The largest absolute Gasteiger partial charge is 0.497 e. The average molecular weight is 344 g/mol. The molecule has 0 aliphatic carbocycles. The molecule has 0 unspecified atom stereocenters. The van der Waals surface area contributed by atoms with Crippen LogP contribution in [-0.2, 0) is 0 Å². The van der Waals surface area contributed by atoms with Crippen molar-refractivity contribution in [1.82, 2.24) is 9.97 Å². The summed E-state index contributed by atoms with van der Waals surface area (Å²) in [7, 11) is 3.11. The van der Waals surface area contributed by atoms with Gasteiger partial charge in [-0.3, -0.25) is 4.79 Å². The van der Waals surface area contributed by atoms with Crippen LogP contribution in [0.4, 0.5) is 11.6 Å². The molecule has 1 N–H and O–H groups in total. The SMILES string of the molecule is CCN(CC)c1nc(C)cc(C(=O)Nc2cc(OC)ccc2OC)n1. The topological polar surface area (TPSA) is 76.6 Å². The van der Waals surface area contributed by atoms with Gasteiger partial charge >= 0.3 is 0 Å². The van der Waals surface area contributed by atoms with Crippen LogP contribution in [0, 0.1) is 6.92 Å². The highest BCUT2D eigenvalue weighted by atomic mass is 16.5. The number of rotatable bonds is 7. The van der Waals surface area contributed by atoms with Crippen LogP contribution in [0.2, 0.25) is 0 Å². The molecule has 1 heterocycles. The summed E-state index contributed by atoms with van der Waals surface area (Å²) in [4.78, 5) is 23.5. The normalized spacial score (nSPS) is 10.3. The molecule has 2 aromatic rings. The van der Waals surface area contributed by atoms with E-state index in [-0.39, 0.29) is 5.91 Å². The van der Waals surface area contributed by atoms with Crippen molar-refractivity contribution in [1.29, 1.82) is 0 Å². The predicted octanol–water partition coefficient (Wildman–Crippen LogP) is 2.90. The molecule has 7 heteroatoms.